The van der Waals surface area contributed by atoms with Crippen LogP contribution in [0.5, 0.6) is 5.75 Å². The van der Waals surface area contributed by atoms with Gasteiger partial charge in [0.1, 0.15) is 17.9 Å². The molecule has 3 amide bonds. The summed E-state index contributed by atoms with van der Waals surface area (Å²) in [5.74, 6) is -0.0530. The van der Waals surface area contributed by atoms with E-state index in [1.807, 2.05) is 12.1 Å². The van der Waals surface area contributed by atoms with Crippen molar-refractivity contribution in [2.24, 2.45) is 0 Å². The number of fused-ring (bicyclic) bond motifs is 1. The van der Waals surface area contributed by atoms with Crippen LogP contribution in [-0.2, 0) is 16.1 Å². The predicted molar refractivity (Wildman–Crippen MR) is 107 cm³/mol. The number of likely N-dealkylation sites (N-methyl/N-ethyl adjacent to an activating group) is 1. The minimum absolute atomic E-state index is 0.0663. The lowest BCUT2D eigenvalue weighted by atomic mass is 9.98. The lowest BCUT2D eigenvalue weighted by Crippen LogP contribution is -2.52. The van der Waals surface area contributed by atoms with E-state index in [-0.39, 0.29) is 30.2 Å². The fourth-order valence-corrected chi connectivity index (χ4v) is 4.86. The smallest absolute Gasteiger partial charge is 0.255 e. The molecule has 156 valence electrons. The van der Waals surface area contributed by atoms with E-state index in [1.165, 1.54) is 12.8 Å². The Kier molecular flexibility index (Phi) is 5.58. The first-order valence-electron chi connectivity index (χ1n) is 10.7. The molecule has 3 aliphatic rings. The normalized spacial score (nSPS) is 26.3. The zero-order valence-electron chi connectivity index (χ0n) is 17.1. The summed E-state index contributed by atoms with van der Waals surface area (Å²) in [5, 5.41) is 2.34. The lowest BCUT2D eigenvalue weighted by molar-refractivity contribution is -0.136. The Hall–Kier alpha value is -2.41. The number of rotatable bonds is 5. The Bertz CT molecular complexity index is 824. The number of benzene rings is 1. The fraction of sp³-hybridized carbons (Fsp3) is 0.591. The first-order valence-corrected chi connectivity index (χ1v) is 10.7. The molecule has 0 aromatic heterocycles. The van der Waals surface area contributed by atoms with Gasteiger partial charge in [0.05, 0.1) is 0 Å². The Labute approximate surface area is 171 Å². The van der Waals surface area contributed by atoms with Gasteiger partial charge < -0.3 is 9.64 Å². The standard InChI is InChI=1S/C22H29N3O4/c1-3-24-11-5-4-6-18(24)14(2)29-16-7-8-17-15(12-16)13-25(22(17)28)19-9-10-20(26)23-21(19)27/h7-8,12,14,18-19H,3-6,9-11,13H2,1-2H3,(H,23,26,27)/t14-,18+,19?/m1/s1. The first kappa shape index (κ1) is 19.9. The van der Waals surface area contributed by atoms with Crippen molar-refractivity contribution in [3.8, 4) is 5.75 Å². The minimum Gasteiger partial charge on any atom is -0.489 e. The number of imide groups is 1. The van der Waals surface area contributed by atoms with Crippen molar-refractivity contribution in [2.45, 2.75) is 70.7 Å². The summed E-state index contributed by atoms with van der Waals surface area (Å²) >= 11 is 0. The Morgan fingerprint density at radius 1 is 1.21 bits per heavy atom. The third kappa shape index (κ3) is 3.88. The topological polar surface area (TPSA) is 79.0 Å². The number of carbonyl (C=O) groups excluding carboxylic acids is 3. The highest BCUT2D eigenvalue weighted by Crippen LogP contribution is 2.31. The summed E-state index contributed by atoms with van der Waals surface area (Å²) in [7, 11) is 0. The van der Waals surface area contributed by atoms with E-state index in [2.05, 4.69) is 24.1 Å². The molecule has 7 nitrogen and oxygen atoms in total. The number of nitrogens with one attached hydrogen (secondary N) is 1. The molecular weight excluding hydrogens is 370 g/mol. The number of carbonyl (C=O) groups is 3. The van der Waals surface area contributed by atoms with Gasteiger partial charge in [-0.2, -0.15) is 0 Å². The maximum Gasteiger partial charge on any atom is 0.255 e. The summed E-state index contributed by atoms with van der Waals surface area (Å²) in [4.78, 5) is 40.4. The number of amides is 3. The fourth-order valence-electron chi connectivity index (χ4n) is 4.86. The molecule has 4 rings (SSSR count). The van der Waals surface area contributed by atoms with E-state index in [9.17, 15) is 14.4 Å². The molecule has 1 N–H and O–H groups in total. The third-order valence-corrected chi connectivity index (χ3v) is 6.43. The number of piperidine rings is 2. The van der Waals surface area contributed by atoms with E-state index in [0.717, 1.165) is 30.8 Å². The Morgan fingerprint density at radius 2 is 2.03 bits per heavy atom. The van der Waals surface area contributed by atoms with E-state index in [4.69, 9.17) is 4.74 Å². The second-order valence-electron chi connectivity index (χ2n) is 8.23. The molecule has 2 saturated heterocycles. The van der Waals surface area contributed by atoms with Crippen LogP contribution in [-0.4, -0.2) is 58.8 Å². The first-order chi connectivity index (χ1) is 14.0. The summed E-state index contributed by atoms with van der Waals surface area (Å²) in [6.45, 7) is 6.82. The van der Waals surface area contributed by atoms with Crippen molar-refractivity contribution >= 4 is 17.7 Å². The van der Waals surface area contributed by atoms with Gasteiger partial charge in [-0.1, -0.05) is 13.3 Å². The largest absolute Gasteiger partial charge is 0.489 e. The van der Waals surface area contributed by atoms with E-state index >= 15 is 0 Å². The van der Waals surface area contributed by atoms with Crippen LogP contribution in [0.1, 0.15) is 61.9 Å². The highest BCUT2D eigenvalue weighted by molar-refractivity contribution is 6.05. The molecule has 0 bridgehead atoms. The number of hydrogen-bond acceptors (Lipinski definition) is 5. The van der Waals surface area contributed by atoms with Gasteiger partial charge in [0.25, 0.3) is 5.91 Å². The molecule has 0 spiro atoms. The molecule has 3 aliphatic heterocycles. The van der Waals surface area contributed by atoms with Crippen molar-refractivity contribution in [1.29, 1.82) is 0 Å². The molecule has 3 atom stereocenters. The van der Waals surface area contributed by atoms with Gasteiger partial charge in [0.2, 0.25) is 11.8 Å². The molecule has 2 fully saturated rings. The highest BCUT2D eigenvalue weighted by Gasteiger charge is 2.39. The van der Waals surface area contributed by atoms with Crippen LogP contribution in [0.25, 0.3) is 0 Å². The monoisotopic (exact) mass is 399 g/mol. The van der Waals surface area contributed by atoms with Crippen LogP contribution in [0.3, 0.4) is 0 Å². The maximum atomic E-state index is 12.8. The number of ether oxygens (including phenoxy) is 1. The van der Waals surface area contributed by atoms with Crippen LogP contribution in [0.2, 0.25) is 0 Å². The molecule has 1 aromatic carbocycles. The zero-order valence-corrected chi connectivity index (χ0v) is 17.1. The maximum absolute atomic E-state index is 12.8. The lowest BCUT2D eigenvalue weighted by Gasteiger charge is -2.38. The second-order valence-corrected chi connectivity index (χ2v) is 8.23. The summed E-state index contributed by atoms with van der Waals surface area (Å²) in [6, 6.07) is 5.39. The van der Waals surface area contributed by atoms with Crippen molar-refractivity contribution in [3.05, 3.63) is 29.3 Å². The van der Waals surface area contributed by atoms with Crippen molar-refractivity contribution < 1.29 is 19.1 Å². The molecule has 0 saturated carbocycles. The van der Waals surface area contributed by atoms with Gasteiger partial charge in [-0.25, -0.2) is 0 Å². The molecule has 1 unspecified atom stereocenters. The van der Waals surface area contributed by atoms with Crippen LogP contribution >= 0.6 is 0 Å². The molecule has 29 heavy (non-hydrogen) atoms. The van der Waals surface area contributed by atoms with Crippen LogP contribution in [0.4, 0.5) is 0 Å². The van der Waals surface area contributed by atoms with Crippen LogP contribution < -0.4 is 10.1 Å². The van der Waals surface area contributed by atoms with Gasteiger partial charge in [-0.15, -0.1) is 0 Å². The van der Waals surface area contributed by atoms with Crippen LogP contribution in [0, 0.1) is 0 Å². The van der Waals surface area contributed by atoms with Gasteiger partial charge in [0.15, 0.2) is 0 Å². The Morgan fingerprint density at radius 3 is 2.79 bits per heavy atom. The van der Waals surface area contributed by atoms with E-state index < -0.39 is 6.04 Å². The summed E-state index contributed by atoms with van der Waals surface area (Å²) < 4.78 is 6.27. The number of nitrogens with zero attached hydrogens (tertiary/aromatic N) is 2. The molecule has 1 aromatic rings. The molecular formula is C22H29N3O4. The molecule has 0 aliphatic carbocycles. The van der Waals surface area contributed by atoms with E-state index in [0.29, 0.717) is 24.6 Å². The highest BCUT2D eigenvalue weighted by atomic mass is 16.5. The Balaban J connectivity index is 1.46. The van der Waals surface area contributed by atoms with Gasteiger partial charge in [-0.05, 0) is 63.0 Å². The third-order valence-electron chi connectivity index (χ3n) is 6.43. The minimum atomic E-state index is -0.587. The second kappa shape index (κ2) is 8.14. The SMILES string of the molecule is CCN1CCCC[C@H]1[C@@H](C)Oc1ccc2c(c1)CN(C1CCC(=O)NC1=O)C2=O. The molecule has 3 heterocycles. The van der Waals surface area contributed by atoms with Crippen molar-refractivity contribution in [3.63, 3.8) is 0 Å². The van der Waals surface area contributed by atoms with Gasteiger partial charge >= 0.3 is 0 Å². The van der Waals surface area contributed by atoms with Gasteiger partial charge in [-0.3, -0.25) is 24.6 Å². The molecule has 0 radical (unpaired) electrons. The number of likely N-dealkylation sites (tertiary alicyclic amines) is 1. The van der Waals surface area contributed by atoms with Crippen LogP contribution in [0.15, 0.2) is 18.2 Å². The zero-order chi connectivity index (χ0) is 20.5. The average Bonchev–Trinajstić information content (AvgIpc) is 3.03. The number of hydrogen-bond donors (Lipinski definition) is 1. The summed E-state index contributed by atoms with van der Waals surface area (Å²) in [5.41, 5.74) is 1.49. The average molecular weight is 399 g/mol. The predicted octanol–water partition coefficient (Wildman–Crippen LogP) is 2.09. The van der Waals surface area contributed by atoms with E-state index in [1.54, 1.807) is 11.0 Å². The summed E-state index contributed by atoms with van der Waals surface area (Å²) in [6.07, 6.45) is 4.32. The van der Waals surface area contributed by atoms with Gasteiger partial charge in [0, 0.05) is 24.6 Å². The van der Waals surface area contributed by atoms with Crippen molar-refractivity contribution in [1.82, 2.24) is 15.1 Å². The van der Waals surface area contributed by atoms with Crippen molar-refractivity contribution in [2.75, 3.05) is 13.1 Å². The quantitative estimate of drug-likeness (QED) is 0.767. The molecule has 7 heteroatoms.